The molecule has 0 saturated carbocycles. The van der Waals surface area contributed by atoms with Crippen LogP contribution in [0, 0.1) is 6.92 Å². The van der Waals surface area contributed by atoms with E-state index in [-0.39, 0.29) is 0 Å². The lowest BCUT2D eigenvalue weighted by Crippen LogP contribution is -2.42. The number of carboxylic acids is 1. The molecule has 0 unspecified atom stereocenters. The lowest BCUT2D eigenvalue weighted by atomic mass is 10.2. The second kappa shape index (κ2) is 6.91. The van der Waals surface area contributed by atoms with Crippen molar-refractivity contribution in [2.24, 2.45) is 0 Å². The fourth-order valence-electron chi connectivity index (χ4n) is 1.47. The minimum atomic E-state index is -1.06. The van der Waals surface area contributed by atoms with Crippen molar-refractivity contribution in [3.05, 3.63) is 26.6 Å². The number of carbonyl (C=O) groups excluding carboxylic acids is 1. The number of aliphatic carboxylic acids is 1. The Morgan fingerprint density at radius 3 is 2.26 bits per heavy atom. The molecule has 5 nitrogen and oxygen atoms in total. The molecule has 0 fully saturated rings. The van der Waals surface area contributed by atoms with Gasteiger partial charge in [-0.25, -0.2) is 9.59 Å². The van der Waals surface area contributed by atoms with Crippen molar-refractivity contribution in [1.82, 2.24) is 5.32 Å². The first-order valence-electron chi connectivity index (χ1n) is 5.61. The van der Waals surface area contributed by atoms with Crippen LogP contribution in [0.5, 0.6) is 0 Å². The molecular formula is C12H14Br2N2O3. The lowest BCUT2D eigenvalue weighted by molar-refractivity contribution is -0.139. The Bertz CT molecular complexity index is 483. The van der Waals surface area contributed by atoms with E-state index in [0.29, 0.717) is 12.1 Å². The van der Waals surface area contributed by atoms with Gasteiger partial charge in [0.15, 0.2) is 0 Å². The zero-order valence-corrected chi connectivity index (χ0v) is 13.6. The second-order valence-corrected chi connectivity index (χ2v) is 5.71. The van der Waals surface area contributed by atoms with Crippen molar-refractivity contribution < 1.29 is 14.7 Å². The maximum Gasteiger partial charge on any atom is 0.326 e. The first kappa shape index (κ1) is 16.0. The van der Waals surface area contributed by atoms with E-state index >= 15 is 0 Å². The fraction of sp³-hybridized carbons (Fsp3) is 0.333. The summed E-state index contributed by atoms with van der Waals surface area (Å²) in [4.78, 5) is 22.6. The third kappa shape index (κ3) is 4.50. The van der Waals surface area contributed by atoms with E-state index in [1.165, 1.54) is 0 Å². The third-order valence-corrected chi connectivity index (χ3v) is 3.69. The molecule has 1 aromatic rings. The predicted molar refractivity (Wildman–Crippen MR) is 80.4 cm³/mol. The summed E-state index contributed by atoms with van der Waals surface area (Å²) >= 11 is 6.70. The van der Waals surface area contributed by atoms with E-state index in [1.807, 2.05) is 19.1 Å². The quantitative estimate of drug-likeness (QED) is 0.732. The summed E-state index contributed by atoms with van der Waals surface area (Å²) in [5, 5.41) is 13.9. The maximum atomic E-state index is 11.7. The highest BCUT2D eigenvalue weighted by molar-refractivity contribution is 9.11. The highest BCUT2D eigenvalue weighted by Crippen LogP contribution is 2.32. The summed E-state index contributed by atoms with van der Waals surface area (Å²) in [6, 6.07) is 2.26. The van der Waals surface area contributed by atoms with E-state index in [4.69, 9.17) is 5.11 Å². The Morgan fingerprint density at radius 1 is 1.32 bits per heavy atom. The van der Waals surface area contributed by atoms with E-state index in [9.17, 15) is 9.59 Å². The monoisotopic (exact) mass is 392 g/mol. The molecule has 1 atom stereocenters. The summed E-state index contributed by atoms with van der Waals surface area (Å²) in [6.45, 7) is 3.62. The Morgan fingerprint density at radius 2 is 1.84 bits per heavy atom. The van der Waals surface area contributed by atoms with Crippen LogP contribution in [0.1, 0.15) is 18.9 Å². The van der Waals surface area contributed by atoms with Crippen LogP contribution in [-0.4, -0.2) is 23.1 Å². The first-order valence-corrected chi connectivity index (χ1v) is 7.19. The minimum Gasteiger partial charge on any atom is -0.480 e. The van der Waals surface area contributed by atoms with Crippen molar-refractivity contribution in [3.8, 4) is 0 Å². The predicted octanol–water partition coefficient (Wildman–Crippen LogP) is 3.50. The summed E-state index contributed by atoms with van der Waals surface area (Å²) < 4.78 is 1.44. The average molecular weight is 394 g/mol. The van der Waals surface area contributed by atoms with Crippen molar-refractivity contribution in [2.45, 2.75) is 26.3 Å². The first-order chi connectivity index (χ1) is 8.85. The lowest BCUT2D eigenvalue weighted by Gasteiger charge is -2.15. The molecule has 19 heavy (non-hydrogen) atoms. The summed E-state index contributed by atoms with van der Waals surface area (Å²) in [5.74, 6) is -1.06. The van der Waals surface area contributed by atoms with Gasteiger partial charge in [0.2, 0.25) is 0 Å². The molecule has 1 aromatic carbocycles. The second-order valence-electron chi connectivity index (χ2n) is 4.00. The van der Waals surface area contributed by atoms with E-state index in [2.05, 4.69) is 42.5 Å². The Labute approximate surface area is 128 Å². The molecular weight excluding hydrogens is 380 g/mol. The number of carboxylic acid groups (broad SMARTS) is 1. The summed E-state index contributed by atoms with van der Waals surface area (Å²) in [5.41, 5.74) is 1.59. The average Bonchev–Trinajstić information content (AvgIpc) is 2.30. The topological polar surface area (TPSA) is 78.4 Å². The maximum absolute atomic E-state index is 11.7. The molecule has 2 amide bonds. The number of anilines is 1. The zero-order valence-electron chi connectivity index (χ0n) is 10.5. The molecule has 0 saturated heterocycles. The van der Waals surface area contributed by atoms with Crippen LogP contribution in [0.2, 0.25) is 0 Å². The van der Waals surface area contributed by atoms with Crippen LogP contribution in [0.3, 0.4) is 0 Å². The molecule has 0 heterocycles. The zero-order chi connectivity index (χ0) is 14.6. The van der Waals surface area contributed by atoms with Gasteiger partial charge < -0.3 is 15.7 Å². The van der Waals surface area contributed by atoms with Crippen LogP contribution in [-0.2, 0) is 4.79 Å². The Hall–Kier alpha value is -1.08. The number of rotatable bonds is 4. The van der Waals surface area contributed by atoms with Gasteiger partial charge in [-0.3, -0.25) is 0 Å². The number of amides is 2. The fourth-order valence-corrected chi connectivity index (χ4v) is 3.08. The normalized spacial score (nSPS) is 11.8. The molecule has 0 spiro atoms. The largest absolute Gasteiger partial charge is 0.480 e. The third-order valence-electron chi connectivity index (χ3n) is 2.44. The van der Waals surface area contributed by atoms with E-state index in [0.717, 1.165) is 14.5 Å². The van der Waals surface area contributed by atoms with E-state index in [1.54, 1.807) is 6.92 Å². The number of hydrogen-bond acceptors (Lipinski definition) is 2. The number of urea groups is 1. The molecule has 0 aliphatic carbocycles. The smallest absolute Gasteiger partial charge is 0.326 e. The molecule has 0 bridgehead atoms. The van der Waals surface area contributed by atoms with Crippen LogP contribution >= 0.6 is 31.9 Å². The van der Waals surface area contributed by atoms with Crippen molar-refractivity contribution in [3.63, 3.8) is 0 Å². The van der Waals surface area contributed by atoms with Crippen LogP contribution in [0.4, 0.5) is 10.5 Å². The molecule has 1 rings (SSSR count). The van der Waals surface area contributed by atoms with Gasteiger partial charge in [-0.05, 0) is 62.9 Å². The van der Waals surface area contributed by atoms with Gasteiger partial charge in [0.25, 0.3) is 0 Å². The molecule has 0 radical (unpaired) electrons. The minimum absolute atomic E-state index is 0.318. The summed E-state index contributed by atoms with van der Waals surface area (Å²) in [7, 11) is 0. The van der Waals surface area contributed by atoms with Gasteiger partial charge in [-0.1, -0.05) is 6.92 Å². The number of nitrogens with one attached hydrogen (secondary N) is 2. The van der Waals surface area contributed by atoms with Crippen LogP contribution < -0.4 is 10.6 Å². The molecule has 104 valence electrons. The highest BCUT2D eigenvalue weighted by atomic mass is 79.9. The Kier molecular flexibility index (Phi) is 5.81. The highest BCUT2D eigenvalue weighted by Gasteiger charge is 2.18. The number of benzene rings is 1. The number of hydrogen-bond donors (Lipinski definition) is 3. The van der Waals surface area contributed by atoms with Gasteiger partial charge in [-0.2, -0.15) is 0 Å². The molecule has 0 aliphatic heterocycles. The van der Waals surface area contributed by atoms with Crippen molar-refractivity contribution in [2.75, 3.05) is 5.32 Å². The molecule has 0 aliphatic rings. The van der Waals surface area contributed by atoms with Gasteiger partial charge in [0, 0.05) is 8.95 Å². The van der Waals surface area contributed by atoms with Gasteiger partial charge in [0.1, 0.15) is 6.04 Å². The van der Waals surface area contributed by atoms with Crippen LogP contribution in [0.15, 0.2) is 21.1 Å². The number of halogens is 2. The van der Waals surface area contributed by atoms with Gasteiger partial charge in [0.05, 0.1) is 5.69 Å². The van der Waals surface area contributed by atoms with Gasteiger partial charge in [-0.15, -0.1) is 0 Å². The van der Waals surface area contributed by atoms with E-state index < -0.39 is 18.0 Å². The van der Waals surface area contributed by atoms with Crippen molar-refractivity contribution in [1.29, 1.82) is 0 Å². The Balaban J connectivity index is 2.80. The number of aryl methyl sites for hydroxylation is 1. The van der Waals surface area contributed by atoms with Gasteiger partial charge >= 0.3 is 12.0 Å². The molecule has 0 aromatic heterocycles. The SMILES string of the molecule is CC[C@H](NC(=O)Nc1c(Br)cc(C)cc1Br)C(=O)O. The van der Waals surface area contributed by atoms with Crippen molar-refractivity contribution >= 4 is 49.5 Å². The van der Waals surface area contributed by atoms with Crippen LogP contribution in [0.25, 0.3) is 0 Å². The number of carbonyl (C=O) groups is 2. The molecule has 7 heteroatoms. The summed E-state index contributed by atoms with van der Waals surface area (Å²) in [6.07, 6.45) is 0.318. The standard InChI is InChI=1S/C12H14Br2N2O3/c1-3-9(11(17)18)15-12(19)16-10-7(13)4-6(2)5-8(10)14/h4-5,9H,3H2,1-2H3,(H,17,18)(H2,15,16,19)/t9-/m0/s1. The molecule has 3 N–H and O–H groups in total.